The summed E-state index contributed by atoms with van der Waals surface area (Å²) in [7, 11) is 0. The smallest absolute Gasteiger partial charge is 0.255 e. The third kappa shape index (κ3) is 5.02. The molecular weight excluding hydrogens is 506 g/mol. The number of benzene rings is 3. The van der Waals surface area contributed by atoms with E-state index < -0.39 is 17.5 Å². The zero-order valence-corrected chi connectivity index (χ0v) is 20.3. The van der Waals surface area contributed by atoms with E-state index in [2.05, 4.69) is 20.2 Å². The standard InChI is InChI=1S/C26H19Cl2FN4O3/c27-19-4-1-16(11-20(19)28)26(35)31-17-3-5-21(29)18(13-17)25(34)15-2-6-22-23(12-15)32-24(14-30-22)33-7-9-36-10-8-33/h1-6,11-14H,7-10H2,(H,31,35). The molecule has 10 heteroatoms. The molecule has 7 nitrogen and oxygen atoms in total. The second-order valence-electron chi connectivity index (χ2n) is 8.14. The van der Waals surface area contributed by atoms with Crippen LogP contribution in [0.2, 0.25) is 10.0 Å². The van der Waals surface area contributed by atoms with Crippen LogP contribution in [-0.2, 0) is 4.74 Å². The van der Waals surface area contributed by atoms with E-state index in [0.29, 0.717) is 48.2 Å². The van der Waals surface area contributed by atoms with Gasteiger partial charge in [0.1, 0.15) is 11.6 Å². The number of ketones is 1. The molecule has 0 saturated carbocycles. The second kappa shape index (κ2) is 10.2. The van der Waals surface area contributed by atoms with Gasteiger partial charge >= 0.3 is 0 Å². The average Bonchev–Trinajstić information content (AvgIpc) is 2.90. The first-order valence-corrected chi connectivity index (χ1v) is 11.8. The van der Waals surface area contributed by atoms with Crippen molar-refractivity contribution in [2.75, 3.05) is 36.5 Å². The van der Waals surface area contributed by atoms with E-state index in [0.717, 1.165) is 6.07 Å². The third-order valence-electron chi connectivity index (χ3n) is 5.78. The van der Waals surface area contributed by atoms with Gasteiger partial charge in [-0.2, -0.15) is 0 Å². The monoisotopic (exact) mass is 524 g/mol. The van der Waals surface area contributed by atoms with Gasteiger partial charge in [0.15, 0.2) is 5.78 Å². The summed E-state index contributed by atoms with van der Waals surface area (Å²) < 4.78 is 20.1. The first-order valence-electron chi connectivity index (χ1n) is 11.1. The number of halogens is 3. The van der Waals surface area contributed by atoms with Crippen molar-refractivity contribution >= 4 is 57.4 Å². The van der Waals surface area contributed by atoms with Crippen LogP contribution in [0.25, 0.3) is 11.0 Å². The Morgan fingerprint density at radius 3 is 2.47 bits per heavy atom. The molecule has 0 aliphatic carbocycles. The minimum absolute atomic E-state index is 0.182. The highest BCUT2D eigenvalue weighted by Gasteiger charge is 2.18. The van der Waals surface area contributed by atoms with Gasteiger partial charge in [0, 0.05) is 29.9 Å². The number of rotatable bonds is 5. The predicted octanol–water partition coefficient (Wildman–Crippen LogP) is 5.40. The fourth-order valence-electron chi connectivity index (χ4n) is 3.86. The fourth-order valence-corrected chi connectivity index (χ4v) is 4.16. The van der Waals surface area contributed by atoms with Crippen LogP contribution in [-0.4, -0.2) is 48.0 Å². The molecule has 1 aromatic heterocycles. The Balaban J connectivity index is 1.41. The highest BCUT2D eigenvalue weighted by molar-refractivity contribution is 6.42. The van der Waals surface area contributed by atoms with Crippen molar-refractivity contribution < 1.29 is 18.7 Å². The highest BCUT2D eigenvalue weighted by atomic mass is 35.5. The molecule has 0 unspecified atom stereocenters. The normalized spacial score (nSPS) is 13.6. The van der Waals surface area contributed by atoms with Crippen LogP contribution in [0.4, 0.5) is 15.9 Å². The van der Waals surface area contributed by atoms with E-state index in [1.54, 1.807) is 24.4 Å². The van der Waals surface area contributed by atoms with E-state index in [1.165, 1.54) is 30.3 Å². The Kier molecular flexibility index (Phi) is 6.82. The lowest BCUT2D eigenvalue weighted by Gasteiger charge is -2.27. The molecule has 4 aromatic rings. The number of morpholine rings is 1. The van der Waals surface area contributed by atoms with E-state index >= 15 is 0 Å². The minimum Gasteiger partial charge on any atom is -0.378 e. The third-order valence-corrected chi connectivity index (χ3v) is 6.52. The number of carbonyl (C=O) groups is 2. The van der Waals surface area contributed by atoms with Gasteiger partial charge in [-0.25, -0.2) is 9.37 Å². The Morgan fingerprint density at radius 2 is 1.69 bits per heavy atom. The van der Waals surface area contributed by atoms with E-state index in [1.807, 2.05) is 0 Å². The van der Waals surface area contributed by atoms with Crippen molar-refractivity contribution in [1.82, 2.24) is 9.97 Å². The zero-order chi connectivity index (χ0) is 25.2. The van der Waals surface area contributed by atoms with Crippen LogP contribution in [0.1, 0.15) is 26.3 Å². The van der Waals surface area contributed by atoms with E-state index in [4.69, 9.17) is 27.9 Å². The molecule has 5 rings (SSSR count). The van der Waals surface area contributed by atoms with Gasteiger partial charge in [-0.3, -0.25) is 14.6 Å². The van der Waals surface area contributed by atoms with Crippen molar-refractivity contribution in [1.29, 1.82) is 0 Å². The minimum atomic E-state index is -0.708. The van der Waals surface area contributed by atoms with Gasteiger partial charge in [0.2, 0.25) is 0 Å². The topological polar surface area (TPSA) is 84.4 Å². The molecule has 1 amide bonds. The van der Waals surface area contributed by atoms with Gasteiger partial charge in [-0.1, -0.05) is 23.2 Å². The summed E-state index contributed by atoms with van der Waals surface area (Å²) in [6.45, 7) is 2.61. The zero-order valence-electron chi connectivity index (χ0n) is 18.8. The maximum Gasteiger partial charge on any atom is 0.255 e. The maximum atomic E-state index is 14.7. The van der Waals surface area contributed by atoms with Crippen LogP contribution in [0.3, 0.4) is 0 Å². The molecule has 1 fully saturated rings. The summed E-state index contributed by atoms with van der Waals surface area (Å²) in [5.41, 5.74) is 1.74. The van der Waals surface area contributed by atoms with Gasteiger partial charge in [-0.15, -0.1) is 0 Å². The molecule has 2 heterocycles. The Bertz CT molecular complexity index is 1490. The number of nitrogens with one attached hydrogen (secondary N) is 1. The quantitative estimate of drug-likeness (QED) is 0.352. The Labute approximate surface area is 215 Å². The number of carbonyl (C=O) groups excluding carboxylic acids is 2. The summed E-state index contributed by atoms with van der Waals surface area (Å²) in [5.74, 6) is -1.04. The number of anilines is 2. The Morgan fingerprint density at radius 1 is 0.917 bits per heavy atom. The average molecular weight is 525 g/mol. The van der Waals surface area contributed by atoms with Crippen LogP contribution in [0, 0.1) is 5.82 Å². The molecule has 0 bridgehead atoms. The summed E-state index contributed by atoms with van der Waals surface area (Å²) in [5, 5.41) is 3.21. The number of amides is 1. The molecule has 36 heavy (non-hydrogen) atoms. The van der Waals surface area contributed by atoms with Gasteiger partial charge in [-0.05, 0) is 54.6 Å². The maximum absolute atomic E-state index is 14.7. The lowest BCUT2D eigenvalue weighted by Crippen LogP contribution is -2.36. The van der Waals surface area contributed by atoms with Crippen LogP contribution in [0.15, 0.2) is 60.8 Å². The molecule has 3 aromatic carbocycles. The Hall–Kier alpha value is -3.59. The van der Waals surface area contributed by atoms with Crippen molar-refractivity contribution in [3.8, 4) is 0 Å². The van der Waals surface area contributed by atoms with E-state index in [-0.39, 0.29) is 27.4 Å². The van der Waals surface area contributed by atoms with Gasteiger partial charge < -0.3 is 15.0 Å². The van der Waals surface area contributed by atoms with Gasteiger partial charge in [0.25, 0.3) is 5.91 Å². The second-order valence-corrected chi connectivity index (χ2v) is 8.95. The number of nitrogens with zero attached hydrogens (tertiary/aromatic N) is 3. The van der Waals surface area contributed by atoms with Crippen LogP contribution < -0.4 is 10.2 Å². The summed E-state index contributed by atoms with van der Waals surface area (Å²) >= 11 is 11.9. The summed E-state index contributed by atoms with van der Waals surface area (Å²) in [6.07, 6.45) is 1.69. The highest BCUT2D eigenvalue weighted by Crippen LogP contribution is 2.25. The first kappa shape index (κ1) is 24.1. The summed E-state index contributed by atoms with van der Waals surface area (Å²) in [6, 6.07) is 13.1. The number of aromatic nitrogens is 2. The van der Waals surface area contributed by atoms with Gasteiger partial charge in [0.05, 0.1) is 46.1 Å². The molecule has 0 spiro atoms. The number of hydrogen-bond donors (Lipinski definition) is 1. The predicted molar refractivity (Wildman–Crippen MR) is 137 cm³/mol. The van der Waals surface area contributed by atoms with Crippen molar-refractivity contribution in [3.63, 3.8) is 0 Å². The number of ether oxygens (including phenoxy) is 1. The lowest BCUT2D eigenvalue weighted by atomic mass is 10.0. The van der Waals surface area contributed by atoms with Crippen molar-refractivity contribution in [2.24, 2.45) is 0 Å². The molecular formula is C26H19Cl2FN4O3. The largest absolute Gasteiger partial charge is 0.378 e. The number of fused-ring (bicyclic) bond motifs is 1. The van der Waals surface area contributed by atoms with Crippen molar-refractivity contribution in [2.45, 2.75) is 0 Å². The first-order chi connectivity index (χ1) is 17.4. The fraction of sp³-hybridized carbons (Fsp3) is 0.154. The van der Waals surface area contributed by atoms with E-state index in [9.17, 15) is 14.0 Å². The molecule has 0 radical (unpaired) electrons. The molecule has 182 valence electrons. The van der Waals surface area contributed by atoms with Crippen LogP contribution >= 0.6 is 23.2 Å². The molecule has 1 N–H and O–H groups in total. The molecule has 1 saturated heterocycles. The SMILES string of the molecule is O=C(Nc1ccc(F)c(C(=O)c2ccc3ncc(N4CCOCC4)nc3c2)c1)c1ccc(Cl)c(Cl)c1. The molecule has 0 atom stereocenters. The molecule has 1 aliphatic heterocycles. The molecule has 1 aliphatic rings. The lowest BCUT2D eigenvalue weighted by molar-refractivity contribution is 0.102. The number of hydrogen-bond acceptors (Lipinski definition) is 6. The van der Waals surface area contributed by atoms with Crippen LogP contribution in [0.5, 0.6) is 0 Å². The summed E-state index contributed by atoms with van der Waals surface area (Å²) in [4.78, 5) is 37.0. The van der Waals surface area contributed by atoms with Crippen molar-refractivity contribution in [3.05, 3.63) is 93.3 Å².